The van der Waals surface area contributed by atoms with Crippen LogP contribution in [0.1, 0.15) is 11.1 Å². The van der Waals surface area contributed by atoms with Crippen LogP contribution in [0, 0.1) is 0 Å². The second-order valence-electron chi connectivity index (χ2n) is 4.53. The smallest absolute Gasteiger partial charge is 0.0408 e. The Hall–Kier alpha value is -1.06. The molecule has 4 heteroatoms. The van der Waals surface area contributed by atoms with E-state index in [0.29, 0.717) is 0 Å². The highest BCUT2D eigenvalue weighted by Crippen LogP contribution is 2.16. The highest BCUT2D eigenvalue weighted by atomic mass is 35.5. The minimum absolute atomic E-state index is 0.150. The van der Waals surface area contributed by atoms with Gasteiger partial charge in [-0.2, -0.15) is 0 Å². The largest absolute Gasteiger partial charge is 0.271 e. The Kier molecular flexibility index (Phi) is 5.23. The average molecular weight is 295 g/mol. The fourth-order valence-electron chi connectivity index (χ4n) is 2.09. The summed E-state index contributed by atoms with van der Waals surface area (Å²) in [7, 11) is 0. The fourth-order valence-corrected chi connectivity index (χ4v) is 2.51. The van der Waals surface area contributed by atoms with Crippen molar-refractivity contribution in [1.29, 1.82) is 0 Å². The van der Waals surface area contributed by atoms with E-state index in [0.717, 1.165) is 34.0 Å². The predicted molar refractivity (Wildman–Crippen MR) is 81.4 cm³/mol. The van der Waals surface area contributed by atoms with Crippen LogP contribution >= 0.6 is 23.2 Å². The van der Waals surface area contributed by atoms with Crippen LogP contribution in [0.3, 0.4) is 0 Å². The highest BCUT2D eigenvalue weighted by molar-refractivity contribution is 6.30. The first-order chi connectivity index (χ1) is 9.17. The van der Waals surface area contributed by atoms with Gasteiger partial charge in [-0.15, -0.1) is 0 Å². The van der Waals surface area contributed by atoms with Gasteiger partial charge in [-0.05, 0) is 48.2 Å². The lowest BCUT2D eigenvalue weighted by atomic mass is 9.99. The summed E-state index contributed by atoms with van der Waals surface area (Å²) in [5, 5.41) is 1.49. The van der Waals surface area contributed by atoms with Gasteiger partial charge in [-0.25, -0.2) is 0 Å². The van der Waals surface area contributed by atoms with E-state index < -0.39 is 0 Å². The van der Waals surface area contributed by atoms with Crippen LogP contribution in [-0.2, 0) is 12.8 Å². The Morgan fingerprint density at radius 2 is 1.37 bits per heavy atom. The van der Waals surface area contributed by atoms with Crippen molar-refractivity contribution < 1.29 is 0 Å². The Morgan fingerprint density at radius 1 is 0.895 bits per heavy atom. The van der Waals surface area contributed by atoms with Crippen LogP contribution in [0.4, 0.5) is 0 Å². The van der Waals surface area contributed by atoms with Crippen molar-refractivity contribution in [3.63, 3.8) is 0 Å². The predicted octanol–water partition coefficient (Wildman–Crippen LogP) is 3.61. The Morgan fingerprint density at radius 3 is 1.74 bits per heavy atom. The molecule has 0 aliphatic carbocycles. The number of rotatable bonds is 5. The van der Waals surface area contributed by atoms with Gasteiger partial charge in [-0.1, -0.05) is 47.5 Å². The second kappa shape index (κ2) is 6.92. The minimum Gasteiger partial charge on any atom is -0.271 e. The summed E-state index contributed by atoms with van der Waals surface area (Å²) in [5.41, 5.74) is 5.18. The first-order valence-corrected chi connectivity index (χ1v) is 6.88. The zero-order valence-electron chi connectivity index (χ0n) is 10.4. The van der Waals surface area contributed by atoms with E-state index in [-0.39, 0.29) is 6.04 Å². The van der Waals surface area contributed by atoms with Gasteiger partial charge >= 0.3 is 0 Å². The maximum Gasteiger partial charge on any atom is 0.0408 e. The quantitative estimate of drug-likeness (QED) is 0.653. The second-order valence-corrected chi connectivity index (χ2v) is 5.40. The number of nitrogens with one attached hydrogen (secondary N) is 1. The van der Waals surface area contributed by atoms with Crippen LogP contribution < -0.4 is 11.3 Å². The molecule has 0 amide bonds. The van der Waals surface area contributed by atoms with E-state index in [9.17, 15) is 0 Å². The molecule has 2 aromatic carbocycles. The maximum atomic E-state index is 5.98. The summed E-state index contributed by atoms with van der Waals surface area (Å²) in [6.45, 7) is 0. The topological polar surface area (TPSA) is 38.0 Å². The number of hydrazine groups is 1. The highest BCUT2D eigenvalue weighted by Gasteiger charge is 2.09. The lowest BCUT2D eigenvalue weighted by Crippen LogP contribution is -2.38. The maximum absolute atomic E-state index is 5.98. The van der Waals surface area contributed by atoms with Crippen LogP contribution in [0.25, 0.3) is 0 Å². The molecule has 0 spiro atoms. The Bertz CT molecular complexity index is 496. The minimum atomic E-state index is 0.150. The van der Waals surface area contributed by atoms with E-state index in [2.05, 4.69) is 5.43 Å². The molecule has 0 radical (unpaired) electrons. The molecule has 0 aromatic heterocycles. The molecule has 2 rings (SSSR count). The van der Waals surface area contributed by atoms with E-state index in [4.69, 9.17) is 29.0 Å². The molecular weight excluding hydrogens is 279 g/mol. The van der Waals surface area contributed by atoms with E-state index in [1.54, 1.807) is 0 Å². The number of hydrogen-bond acceptors (Lipinski definition) is 2. The molecule has 0 aliphatic rings. The zero-order chi connectivity index (χ0) is 13.7. The van der Waals surface area contributed by atoms with Gasteiger partial charge in [0, 0.05) is 16.1 Å². The van der Waals surface area contributed by atoms with Gasteiger partial charge in [0.2, 0.25) is 0 Å². The summed E-state index contributed by atoms with van der Waals surface area (Å²) in [5.74, 6) is 5.63. The number of benzene rings is 2. The molecule has 0 aliphatic heterocycles. The summed E-state index contributed by atoms with van der Waals surface area (Å²) < 4.78 is 0. The van der Waals surface area contributed by atoms with Crippen LogP contribution in [0.5, 0.6) is 0 Å². The van der Waals surface area contributed by atoms with Crippen molar-refractivity contribution in [2.45, 2.75) is 18.9 Å². The van der Waals surface area contributed by atoms with Gasteiger partial charge < -0.3 is 0 Å². The number of halogens is 2. The zero-order valence-corrected chi connectivity index (χ0v) is 12.0. The summed E-state index contributed by atoms with van der Waals surface area (Å²) in [4.78, 5) is 0. The van der Waals surface area contributed by atoms with Crippen molar-refractivity contribution >= 4 is 23.2 Å². The molecular formula is C15H16Cl2N2. The normalized spacial score (nSPS) is 10.9. The van der Waals surface area contributed by atoms with Gasteiger partial charge in [-0.3, -0.25) is 11.3 Å². The first kappa shape index (κ1) is 14.4. The third-order valence-electron chi connectivity index (χ3n) is 2.98. The lowest BCUT2D eigenvalue weighted by molar-refractivity contribution is 0.522. The average Bonchev–Trinajstić information content (AvgIpc) is 2.38. The van der Waals surface area contributed by atoms with Crippen molar-refractivity contribution in [2.75, 3.05) is 0 Å². The summed E-state index contributed by atoms with van der Waals surface area (Å²) in [6, 6.07) is 15.8. The molecule has 2 nitrogen and oxygen atoms in total. The Labute approximate surface area is 123 Å². The Balaban J connectivity index is 2.04. The van der Waals surface area contributed by atoms with Crippen molar-refractivity contribution in [1.82, 2.24) is 5.43 Å². The summed E-state index contributed by atoms with van der Waals surface area (Å²) >= 11 is 12.0. The molecule has 0 atom stereocenters. The number of nitrogens with two attached hydrogens (primary N) is 1. The third-order valence-corrected chi connectivity index (χ3v) is 3.45. The molecule has 3 N–H and O–H groups in total. The van der Waals surface area contributed by atoms with Gasteiger partial charge in [0.15, 0.2) is 0 Å². The van der Waals surface area contributed by atoms with Gasteiger partial charge in [0.05, 0.1) is 0 Å². The molecule has 0 saturated heterocycles. The first-order valence-electron chi connectivity index (χ1n) is 6.12. The molecule has 100 valence electrons. The van der Waals surface area contributed by atoms with E-state index in [1.807, 2.05) is 48.5 Å². The van der Waals surface area contributed by atoms with Gasteiger partial charge in [0.1, 0.15) is 0 Å². The molecule has 0 unspecified atom stereocenters. The van der Waals surface area contributed by atoms with Crippen LogP contribution in [0.15, 0.2) is 48.5 Å². The van der Waals surface area contributed by atoms with E-state index >= 15 is 0 Å². The molecule has 0 heterocycles. The van der Waals surface area contributed by atoms with Crippen LogP contribution in [0.2, 0.25) is 10.0 Å². The van der Waals surface area contributed by atoms with Crippen molar-refractivity contribution in [3.8, 4) is 0 Å². The fraction of sp³-hybridized carbons (Fsp3) is 0.200. The SMILES string of the molecule is NNC(Cc1cccc(Cl)c1)Cc1cccc(Cl)c1. The van der Waals surface area contributed by atoms with Crippen molar-refractivity contribution in [3.05, 3.63) is 69.7 Å². The van der Waals surface area contributed by atoms with E-state index in [1.165, 1.54) is 0 Å². The molecule has 2 aromatic rings. The lowest BCUT2D eigenvalue weighted by Gasteiger charge is -2.16. The van der Waals surface area contributed by atoms with Crippen LogP contribution in [-0.4, -0.2) is 6.04 Å². The molecule has 0 bridgehead atoms. The molecule has 0 fully saturated rings. The third kappa shape index (κ3) is 4.51. The molecule has 19 heavy (non-hydrogen) atoms. The van der Waals surface area contributed by atoms with Gasteiger partial charge in [0.25, 0.3) is 0 Å². The number of hydrogen-bond donors (Lipinski definition) is 2. The van der Waals surface area contributed by atoms with Crippen molar-refractivity contribution in [2.24, 2.45) is 5.84 Å². The summed E-state index contributed by atoms with van der Waals surface area (Å²) in [6.07, 6.45) is 1.65. The molecule has 0 saturated carbocycles. The monoisotopic (exact) mass is 294 g/mol. The standard InChI is InChI=1S/C15H16Cl2N2/c16-13-5-1-3-11(7-13)9-15(19-18)10-12-4-2-6-14(17)8-12/h1-8,15,19H,9-10,18H2.